The molecule has 0 aliphatic heterocycles. The first-order valence-electron chi connectivity index (χ1n) is 9.08. The quantitative estimate of drug-likeness (QED) is 0.377. The lowest BCUT2D eigenvalue weighted by molar-refractivity contribution is 0.307. The summed E-state index contributed by atoms with van der Waals surface area (Å²) in [7, 11) is 0. The topological polar surface area (TPSA) is 21.6 Å². The minimum Gasteiger partial charge on any atom is -0.489 e. The second-order valence-electron chi connectivity index (χ2n) is 6.59. The molecule has 4 rings (SSSR count). The number of ether oxygens (including phenoxy) is 1. The zero-order valence-corrected chi connectivity index (χ0v) is 15.3. The average molecular weight is 351 g/mol. The fourth-order valence-corrected chi connectivity index (χ4v) is 3.04. The molecule has 4 aromatic carbocycles. The van der Waals surface area contributed by atoms with Crippen LogP contribution < -0.4 is 4.74 Å². The summed E-state index contributed by atoms with van der Waals surface area (Å²) in [4.78, 5) is 4.54. The number of fused-ring (bicyclic) bond motifs is 1. The number of aliphatic imine (C=N–C) groups is 1. The summed E-state index contributed by atoms with van der Waals surface area (Å²) < 4.78 is 6.05. The number of rotatable bonds is 5. The molecule has 27 heavy (non-hydrogen) atoms. The molecule has 0 saturated carbocycles. The molecule has 0 fully saturated rings. The average Bonchev–Trinajstić information content (AvgIpc) is 2.72. The van der Waals surface area contributed by atoms with Crippen molar-refractivity contribution in [3.05, 3.63) is 108 Å². The van der Waals surface area contributed by atoms with E-state index in [1.54, 1.807) is 0 Å². The van der Waals surface area contributed by atoms with Gasteiger partial charge in [0.1, 0.15) is 12.4 Å². The van der Waals surface area contributed by atoms with Crippen molar-refractivity contribution in [2.75, 3.05) is 0 Å². The first-order valence-corrected chi connectivity index (χ1v) is 9.08. The van der Waals surface area contributed by atoms with Gasteiger partial charge in [0.2, 0.25) is 0 Å². The second-order valence-corrected chi connectivity index (χ2v) is 6.59. The molecule has 0 heterocycles. The van der Waals surface area contributed by atoms with E-state index in [4.69, 9.17) is 4.74 Å². The molecule has 0 bridgehead atoms. The maximum atomic E-state index is 6.05. The highest BCUT2D eigenvalue weighted by atomic mass is 16.5. The van der Waals surface area contributed by atoms with E-state index in [0.717, 1.165) is 17.0 Å². The third-order valence-electron chi connectivity index (χ3n) is 4.53. The normalized spacial score (nSPS) is 11.1. The molecule has 4 aromatic rings. The molecule has 0 aromatic heterocycles. The Hall–Kier alpha value is -3.39. The molecule has 0 N–H and O–H groups in total. The molecule has 0 aliphatic carbocycles. The minimum atomic E-state index is 0.542. The van der Waals surface area contributed by atoms with E-state index in [0.29, 0.717) is 6.61 Å². The molecule has 0 saturated heterocycles. The molecule has 0 atom stereocenters. The van der Waals surface area contributed by atoms with E-state index >= 15 is 0 Å². The van der Waals surface area contributed by atoms with Crippen molar-refractivity contribution >= 4 is 22.7 Å². The first-order chi connectivity index (χ1) is 13.3. The van der Waals surface area contributed by atoms with E-state index in [-0.39, 0.29) is 0 Å². The second kappa shape index (κ2) is 7.88. The Balaban J connectivity index is 1.48. The highest BCUT2D eigenvalue weighted by Gasteiger charge is 2.02. The fraction of sp³-hybridized carbons (Fsp3) is 0.0800. The molecule has 0 radical (unpaired) electrons. The summed E-state index contributed by atoms with van der Waals surface area (Å²) in [5, 5.41) is 2.47. The molecule has 2 heteroatoms. The van der Waals surface area contributed by atoms with Gasteiger partial charge in [0.25, 0.3) is 0 Å². The molecular weight excluding hydrogens is 330 g/mol. The van der Waals surface area contributed by atoms with Crippen LogP contribution in [0.4, 0.5) is 5.69 Å². The Kier molecular flexibility index (Phi) is 4.97. The van der Waals surface area contributed by atoms with Crippen LogP contribution in [0.5, 0.6) is 5.75 Å². The highest BCUT2D eigenvalue weighted by Crippen LogP contribution is 2.21. The Bertz CT molecular complexity index is 1080. The third-order valence-corrected chi connectivity index (χ3v) is 4.53. The van der Waals surface area contributed by atoms with Crippen molar-refractivity contribution in [1.82, 2.24) is 0 Å². The van der Waals surface area contributed by atoms with Gasteiger partial charge in [-0.25, -0.2) is 0 Å². The van der Waals surface area contributed by atoms with Crippen LogP contribution in [0.2, 0.25) is 0 Å². The molecule has 0 unspecified atom stereocenters. The van der Waals surface area contributed by atoms with Gasteiger partial charge in [-0.3, -0.25) is 4.99 Å². The van der Waals surface area contributed by atoms with Crippen LogP contribution in [-0.2, 0) is 6.61 Å². The van der Waals surface area contributed by atoms with Crippen LogP contribution in [0.3, 0.4) is 0 Å². The maximum Gasteiger partial charge on any atom is 0.120 e. The van der Waals surface area contributed by atoms with E-state index in [2.05, 4.69) is 66.5 Å². The van der Waals surface area contributed by atoms with Crippen LogP contribution >= 0.6 is 0 Å². The number of hydrogen-bond donors (Lipinski definition) is 0. The summed E-state index contributed by atoms with van der Waals surface area (Å²) in [6, 6.07) is 30.9. The molecule has 0 amide bonds. The molecule has 0 aliphatic rings. The minimum absolute atomic E-state index is 0.542. The van der Waals surface area contributed by atoms with Gasteiger partial charge in [-0.15, -0.1) is 0 Å². The van der Waals surface area contributed by atoms with Gasteiger partial charge in [-0.2, -0.15) is 0 Å². The van der Waals surface area contributed by atoms with Crippen LogP contribution in [0.1, 0.15) is 16.7 Å². The van der Waals surface area contributed by atoms with Gasteiger partial charge in [-0.1, -0.05) is 72.3 Å². The fourth-order valence-electron chi connectivity index (χ4n) is 3.04. The van der Waals surface area contributed by atoms with Crippen LogP contribution in [-0.4, -0.2) is 6.21 Å². The molecule has 132 valence electrons. The largest absolute Gasteiger partial charge is 0.489 e. The summed E-state index contributed by atoms with van der Waals surface area (Å²) in [5.74, 6) is 0.843. The van der Waals surface area contributed by atoms with E-state index < -0.39 is 0 Å². The summed E-state index contributed by atoms with van der Waals surface area (Å²) in [6.45, 7) is 2.62. The van der Waals surface area contributed by atoms with Crippen LogP contribution in [0.15, 0.2) is 96.0 Å². The Morgan fingerprint density at radius 3 is 2.48 bits per heavy atom. The van der Waals surface area contributed by atoms with Crippen LogP contribution in [0, 0.1) is 6.92 Å². The van der Waals surface area contributed by atoms with Gasteiger partial charge < -0.3 is 4.74 Å². The predicted molar refractivity (Wildman–Crippen MR) is 113 cm³/mol. The standard InChI is InChI=1S/C25H21NO/c1-19-12-14-23(15-13-19)26-17-20-6-4-10-24(16-20)27-18-22-9-5-8-21-7-2-3-11-25(21)22/h2-17H,18H2,1H3. The summed E-state index contributed by atoms with van der Waals surface area (Å²) in [6.07, 6.45) is 1.87. The number of nitrogens with zero attached hydrogens (tertiary/aromatic N) is 1. The van der Waals surface area contributed by atoms with Crippen molar-refractivity contribution in [3.8, 4) is 5.75 Å². The molecular formula is C25H21NO. The highest BCUT2D eigenvalue weighted by molar-refractivity contribution is 5.85. The predicted octanol–water partition coefficient (Wildman–Crippen LogP) is 6.48. The van der Waals surface area contributed by atoms with Crippen molar-refractivity contribution < 1.29 is 4.74 Å². The zero-order chi connectivity index (χ0) is 18.5. The van der Waals surface area contributed by atoms with Gasteiger partial charge >= 0.3 is 0 Å². The van der Waals surface area contributed by atoms with Crippen LogP contribution in [0.25, 0.3) is 10.8 Å². The summed E-state index contributed by atoms with van der Waals surface area (Å²) in [5.41, 5.74) is 4.39. The number of hydrogen-bond acceptors (Lipinski definition) is 2. The lowest BCUT2D eigenvalue weighted by atomic mass is 10.1. The SMILES string of the molecule is Cc1ccc(N=Cc2cccc(OCc3cccc4ccccc34)c2)cc1. The lowest BCUT2D eigenvalue weighted by Crippen LogP contribution is -1.97. The van der Waals surface area contributed by atoms with E-state index in [9.17, 15) is 0 Å². The van der Waals surface area contributed by atoms with Crippen molar-refractivity contribution in [1.29, 1.82) is 0 Å². The Labute approximate surface area is 159 Å². The van der Waals surface area contributed by atoms with Gasteiger partial charge in [0.05, 0.1) is 5.69 Å². The summed E-state index contributed by atoms with van der Waals surface area (Å²) >= 11 is 0. The van der Waals surface area contributed by atoms with Crippen molar-refractivity contribution in [2.24, 2.45) is 4.99 Å². The van der Waals surface area contributed by atoms with Crippen molar-refractivity contribution in [2.45, 2.75) is 13.5 Å². The zero-order valence-electron chi connectivity index (χ0n) is 15.3. The molecule has 0 spiro atoms. The van der Waals surface area contributed by atoms with Gasteiger partial charge in [0, 0.05) is 6.21 Å². The maximum absolute atomic E-state index is 6.05. The lowest BCUT2D eigenvalue weighted by Gasteiger charge is -2.09. The van der Waals surface area contributed by atoms with Crippen molar-refractivity contribution in [3.63, 3.8) is 0 Å². The van der Waals surface area contributed by atoms with E-state index in [1.807, 2.05) is 42.6 Å². The monoisotopic (exact) mass is 351 g/mol. The number of benzene rings is 4. The van der Waals surface area contributed by atoms with E-state index in [1.165, 1.54) is 21.9 Å². The third kappa shape index (κ3) is 4.24. The van der Waals surface area contributed by atoms with Gasteiger partial charge in [-0.05, 0) is 53.1 Å². The Morgan fingerprint density at radius 1 is 0.815 bits per heavy atom. The van der Waals surface area contributed by atoms with Gasteiger partial charge in [0.15, 0.2) is 0 Å². The smallest absolute Gasteiger partial charge is 0.120 e. The Morgan fingerprint density at radius 2 is 1.59 bits per heavy atom. The number of aryl methyl sites for hydroxylation is 1. The molecule has 2 nitrogen and oxygen atoms in total. The first kappa shape index (κ1) is 17.0.